The molecule has 3 N–H and O–H groups in total. The molecule has 3 aliphatic rings. The van der Waals surface area contributed by atoms with Gasteiger partial charge in [-0.1, -0.05) is 61.2 Å². The van der Waals surface area contributed by atoms with Gasteiger partial charge in [0.05, 0.1) is 18.4 Å². The Morgan fingerprint density at radius 1 is 1.22 bits per heavy atom. The van der Waals surface area contributed by atoms with E-state index in [0.29, 0.717) is 30.6 Å². The first-order chi connectivity index (χ1) is 19.7. The number of amides is 3. The number of aliphatic imine (C=N–C) groups is 1. The van der Waals surface area contributed by atoms with Crippen LogP contribution in [0.1, 0.15) is 35.7 Å². The van der Waals surface area contributed by atoms with Gasteiger partial charge >= 0.3 is 12.2 Å². The molecule has 0 spiro atoms. The third-order valence-electron chi connectivity index (χ3n) is 6.68. The lowest BCUT2D eigenvalue weighted by Gasteiger charge is -2.30. The summed E-state index contributed by atoms with van der Waals surface area (Å²) < 4.78 is 37.2. The molecule has 10 heteroatoms. The molecule has 2 aliphatic carbocycles. The van der Waals surface area contributed by atoms with Gasteiger partial charge in [0.2, 0.25) is 0 Å². The van der Waals surface area contributed by atoms with Crippen LogP contribution in [0.5, 0.6) is 0 Å². The van der Waals surface area contributed by atoms with E-state index in [1.807, 2.05) is 77.9 Å². The predicted octanol–water partition coefficient (Wildman–Crippen LogP) is 5.56. The summed E-state index contributed by atoms with van der Waals surface area (Å²) in [5.41, 5.74) is 4.92. The van der Waals surface area contributed by atoms with Gasteiger partial charge in [-0.15, -0.1) is 0 Å². The van der Waals surface area contributed by atoms with Crippen LogP contribution in [-0.2, 0) is 0 Å². The van der Waals surface area contributed by atoms with Crippen LogP contribution in [0.15, 0.2) is 107 Å². The van der Waals surface area contributed by atoms with E-state index in [2.05, 4.69) is 22.2 Å². The van der Waals surface area contributed by atoms with Crippen molar-refractivity contribution >= 4 is 23.8 Å². The molecule has 2 unspecified atom stereocenters. The Balaban J connectivity index is 1.42. The van der Waals surface area contributed by atoms with E-state index < -0.39 is 18.8 Å². The molecule has 7 nitrogen and oxygen atoms in total. The first-order valence-corrected chi connectivity index (χ1v) is 13.2. The third kappa shape index (κ3) is 7.97. The van der Waals surface area contributed by atoms with Gasteiger partial charge in [-0.3, -0.25) is 9.79 Å². The summed E-state index contributed by atoms with van der Waals surface area (Å²) >= 11 is 0. The zero-order valence-electron chi connectivity index (χ0n) is 22.6. The van der Waals surface area contributed by atoms with Crippen molar-refractivity contribution in [1.29, 1.82) is 0 Å². The summed E-state index contributed by atoms with van der Waals surface area (Å²) in [4.78, 5) is 31.3. The summed E-state index contributed by atoms with van der Waals surface area (Å²) in [6.45, 7) is 4.68. The topological polar surface area (TPSA) is 85.8 Å². The number of nitrogens with zero attached hydrogens (tertiary/aromatic N) is 2. The summed E-state index contributed by atoms with van der Waals surface area (Å²) in [6.07, 6.45) is 15.3. The van der Waals surface area contributed by atoms with Gasteiger partial charge in [0.1, 0.15) is 6.54 Å². The highest BCUT2D eigenvalue weighted by Crippen LogP contribution is 2.35. The minimum absolute atomic E-state index is 0.116. The number of carbonyl (C=O) groups is 2. The monoisotopic (exact) mass is 563 g/mol. The van der Waals surface area contributed by atoms with Crippen LogP contribution in [0, 0.1) is 0 Å². The minimum Gasteiger partial charge on any atom is -0.348 e. The molecule has 0 radical (unpaired) electrons. The number of fused-ring (bicyclic) bond motifs is 1. The normalized spacial score (nSPS) is 20.2. The van der Waals surface area contributed by atoms with Crippen LogP contribution in [0.4, 0.5) is 18.0 Å². The number of hydrogen-bond acceptors (Lipinski definition) is 4. The molecule has 3 amide bonds. The largest absolute Gasteiger partial charge is 0.405 e. The number of rotatable bonds is 9. The van der Waals surface area contributed by atoms with Crippen molar-refractivity contribution in [2.24, 2.45) is 4.99 Å². The molecule has 4 rings (SSSR count). The SMILES string of the molecule is C=CC(=CC=CC)CNC(=O)c1cccc(C2=CC=C3C(C2)N=CN3C2C=CCC(NC(=O)NCC(F)(F)F)=C2)c1. The second kappa shape index (κ2) is 13.2. The van der Waals surface area contributed by atoms with Crippen LogP contribution in [0.2, 0.25) is 0 Å². The first-order valence-electron chi connectivity index (χ1n) is 13.2. The van der Waals surface area contributed by atoms with E-state index in [9.17, 15) is 22.8 Å². The Kier molecular flexibility index (Phi) is 9.44. The van der Waals surface area contributed by atoms with Crippen LogP contribution < -0.4 is 16.0 Å². The zero-order valence-corrected chi connectivity index (χ0v) is 22.6. The minimum atomic E-state index is -4.48. The molecular weight excluding hydrogens is 531 g/mol. The van der Waals surface area contributed by atoms with Gasteiger partial charge in [0, 0.05) is 36.3 Å². The number of carbonyl (C=O) groups excluding carboxylic acids is 2. The maximum absolute atomic E-state index is 12.8. The molecule has 41 heavy (non-hydrogen) atoms. The standard InChI is InChI=1S/C31H32F3N5O2/c1-3-5-8-21(4-2)18-35-29(40)24-10-6-9-22(15-24)23-13-14-28-27(16-23)37-20-39(28)26-12-7-11-25(17-26)38-30(41)36-19-31(32,33)34/h3-10,12-15,17,20,26-27H,2,11,16,18-19H2,1H3,(H,35,40)(H2,36,38,41). The molecule has 214 valence electrons. The molecule has 1 heterocycles. The van der Waals surface area contributed by atoms with Crippen molar-refractivity contribution in [3.05, 3.63) is 114 Å². The lowest BCUT2D eigenvalue weighted by molar-refractivity contribution is -0.122. The van der Waals surface area contributed by atoms with E-state index in [4.69, 9.17) is 0 Å². The fourth-order valence-electron chi connectivity index (χ4n) is 4.61. The average Bonchev–Trinajstić information content (AvgIpc) is 3.39. The average molecular weight is 564 g/mol. The number of allylic oxidation sites excluding steroid dienone is 6. The Hall–Kier alpha value is -4.60. The number of benzene rings is 1. The zero-order chi connectivity index (χ0) is 29.4. The van der Waals surface area contributed by atoms with Crippen molar-refractivity contribution in [3.8, 4) is 0 Å². The van der Waals surface area contributed by atoms with Crippen LogP contribution in [-0.4, -0.2) is 54.5 Å². The quantitative estimate of drug-likeness (QED) is 0.272. The molecular formula is C31H32F3N5O2. The summed E-state index contributed by atoms with van der Waals surface area (Å²) in [5.74, 6) is -0.176. The van der Waals surface area contributed by atoms with Crippen molar-refractivity contribution in [1.82, 2.24) is 20.9 Å². The Morgan fingerprint density at radius 3 is 2.80 bits per heavy atom. The van der Waals surface area contributed by atoms with Gasteiger partial charge < -0.3 is 20.9 Å². The van der Waals surface area contributed by atoms with E-state index in [1.54, 1.807) is 24.6 Å². The predicted molar refractivity (Wildman–Crippen MR) is 155 cm³/mol. The molecule has 0 aromatic heterocycles. The molecule has 0 saturated carbocycles. The van der Waals surface area contributed by atoms with Gasteiger partial charge in [-0.2, -0.15) is 13.2 Å². The Morgan fingerprint density at radius 2 is 2.05 bits per heavy atom. The summed E-state index contributed by atoms with van der Waals surface area (Å²) in [5, 5.41) is 7.25. The van der Waals surface area contributed by atoms with Gasteiger partial charge in [0.25, 0.3) is 5.91 Å². The van der Waals surface area contributed by atoms with E-state index in [-0.39, 0.29) is 18.0 Å². The molecule has 2 atom stereocenters. The number of hydrogen-bond donors (Lipinski definition) is 3. The van der Waals surface area contributed by atoms with Crippen molar-refractivity contribution < 1.29 is 22.8 Å². The lowest BCUT2D eigenvalue weighted by atomic mass is 9.91. The van der Waals surface area contributed by atoms with E-state index in [1.165, 1.54) is 0 Å². The number of alkyl halides is 3. The van der Waals surface area contributed by atoms with Gasteiger partial charge in [-0.25, -0.2) is 4.79 Å². The van der Waals surface area contributed by atoms with Crippen molar-refractivity contribution in [3.63, 3.8) is 0 Å². The summed E-state index contributed by atoms with van der Waals surface area (Å²) in [7, 11) is 0. The van der Waals surface area contributed by atoms with Crippen LogP contribution >= 0.6 is 0 Å². The highest BCUT2D eigenvalue weighted by atomic mass is 19.4. The fourth-order valence-corrected chi connectivity index (χ4v) is 4.61. The number of nitrogens with one attached hydrogen (secondary N) is 3. The van der Waals surface area contributed by atoms with E-state index >= 15 is 0 Å². The highest BCUT2D eigenvalue weighted by molar-refractivity contribution is 5.95. The Labute approximate surface area is 237 Å². The van der Waals surface area contributed by atoms with Crippen LogP contribution in [0.25, 0.3) is 5.57 Å². The molecule has 0 bridgehead atoms. The Bertz CT molecular complexity index is 1400. The molecule has 1 aliphatic heterocycles. The van der Waals surface area contributed by atoms with E-state index in [0.717, 1.165) is 22.4 Å². The molecule has 0 saturated heterocycles. The maximum Gasteiger partial charge on any atom is 0.405 e. The first kappa shape index (κ1) is 29.4. The number of halogens is 3. The molecule has 0 fully saturated rings. The molecule has 1 aromatic rings. The van der Waals surface area contributed by atoms with Crippen LogP contribution in [0.3, 0.4) is 0 Å². The fraction of sp³-hybridized carbons (Fsp3) is 0.258. The maximum atomic E-state index is 12.8. The van der Waals surface area contributed by atoms with Crippen molar-refractivity contribution in [2.45, 2.75) is 38.0 Å². The van der Waals surface area contributed by atoms with Gasteiger partial charge in [0.15, 0.2) is 0 Å². The smallest absolute Gasteiger partial charge is 0.348 e. The second-order valence-electron chi connectivity index (χ2n) is 9.65. The van der Waals surface area contributed by atoms with Crippen molar-refractivity contribution in [2.75, 3.05) is 13.1 Å². The lowest BCUT2D eigenvalue weighted by Crippen LogP contribution is -2.41. The van der Waals surface area contributed by atoms with Gasteiger partial charge in [-0.05, 0) is 47.9 Å². The summed E-state index contributed by atoms with van der Waals surface area (Å²) in [6, 6.07) is 6.21. The molecule has 1 aromatic carbocycles. The highest BCUT2D eigenvalue weighted by Gasteiger charge is 2.32. The third-order valence-corrected chi connectivity index (χ3v) is 6.68. The number of urea groups is 1. The second-order valence-corrected chi connectivity index (χ2v) is 9.65.